The summed E-state index contributed by atoms with van der Waals surface area (Å²) in [7, 11) is 0. The molecule has 2 rings (SSSR count). The van der Waals surface area contributed by atoms with Gasteiger partial charge in [-0.25, -0.2) is 0 Å². The molecule has 0 bridgehead atoms. The second kappa shape index (κ2) is 5.60. The van der Waals surface area contributed by atoms with Crippen LogP contribution in [-0.4, -0.2) is 22.2 Å². The Kier molecular flexibility index (Phi) is 4.11. The predicted octanol–water partition coefficient (Wildman–Crippen LogP) is 2.26. The first-order chi connectivity index (χ1) is 8.56. The van der Waals surface area contributed by atoms with Crippen LogP contribution in [0.2, 0.25) is 8.67 Å². The number of thiophene rings is 1. The van der Waals surface area contributed by atoms with E-state index in [-0.39, 0.29) is 5.91 Å². The molecule has 0 spiro atoms. The molecule has 2 heterocycles. The van der Waals surface area contributed by atoms with Crippen molar-refractivity contribution in [3.05, 3.63) is 32.7 Å². The number of hydrogen-bond donors (Lipinski definition) is 2. The van der Waals surface area contributed by atoms with Crippen LogP contribution in [0.4, 0.5) is 5.69 Å². The van der Waals surface area contributed by atoms with Crippen LogP contribution in [-0.2, 0) is 6.54 Å². The number of aromatic nitrogens is 2. The van der Waals surface area contributed by atoms with Crippen molar-refractivity contribution in [2.45, 2.75) is 6.54 Å². The number of nitrogens with zero attached hydrogens (tertiary/aromatic N) is 2. The van der Waals surface area contributed by atoms with Gasteiger partial charge < -0.3 is 11.1 Å². The summed E-state index contributed by atoms with van der Waals surface area (Å²) in [6.45, 7) is 0.974. The first kappa shape index (κ1) is 13.2. The zero-order chi connectivity index (χ0) is 13.1. The quantitative estimate of drug-likeness (QED) is 0.910. The van der Waals surface area contributed by atoms with Crippen molar-refractivity contribution < 1.29 is 4.79 Å². The number of anilines is 1. The molecule has 0 aliphatic carbocycles. The molecule has 18 heavy (non-hydrogen) atoms. The van der Waals surface area contributed by atoms with Crippen molar-refractivity contribution in [3.8, 4) is 0 Å². The Balaban J connectivity index is 1.87. The van der Waals surface area contributed by atoms with Crippen molar-refractivity contribution in [2.75, 3.05) is 12.3 Å². The molecule has 0 saturated carbocycles. The van der Waals surface area contributed by atoms with Crippen molar-refractivity contribution in [1.82, 2.24) is 15.1 Å². The largest absolute Gasteiger partial charge is 0.396 e. The molecule has 2 aromatic rings. The Morgan fingerprint density at radius 2 is 2.33 bits per heavy atom. The van der Waals surface area contributed by atoms with E-state index in [0.29, 0.717) is 33.0 Å². The van der Waals surface area contributed by atoms with Crippen molar-refractivity contribution in [1.29, 1.82) is 0 Å². The van der Waals surface area contributed by atoms with E-state index in [4.69, 9.17) is 28.9 Å². The molecule has 0 saturated heterocycles. The van der Waals surface area contributed by atoms with Gasteiger partial charge in [0, 0.05) is 12.7 Å². The van der Waals surface area contributed by atoms with Crippen molar-refractivity contribution in [3.63, 3.8) is 0 Å². The topological polar surface area (TPSA) is 72.9 Å². The van der Waals surface area contributed by atoms with E-state index < -0.39 is 0 Å². The molecule has 0 radical (unpaired) electrons. The van der Waals surface area contributed by atoms with E-state index in [2.05, 4.69) is 10.4 Å². The molecule has 2 aromatic heterocycles. The minimum absolute atomic E-state index is 0.247. The fourth-order valence-electron chi connectivity index (χ4n) is 1.38. The van der Waals surface area contributed by atoms with Gasteiger partial charge in [0.15, 0.2) is 0 Å². The maximum absolute atomic E-state index is 11.8. The number of hydrogen-bond acceptors (Lipinski definition) is 4. The predicted molar refractivity (Wildman–Crippen MR) is 73.3 cm³/mol. The van der Waals surface area contributed by atoms with Gasteiger partial charge in [0.2, 0.25) is 0 Å². The normalized spacial score (nSPS) is 10.6. The summed E-state index contributed by atoms with van der Waals surface area (Å²) in [6.07, 6.45) is 3.25. The van der Waals surface area contributed by atoms with E-state index in [9.17, 15) is 4.79 Å². The van der Waals surface area contributed by atoms with Crippen LogP contribution in [0, 0.1) is 0 Å². The minimum Gasteiger partial charge on any atom is -0.396 e. The number of halogens is 2. The summed E-state index contributed by atoms with van der Waals surface area (Å²) < 4.78 is 2.53. The first-order valence-corrected chi connectivity index (χ1v) is 6.64. The summed E-state index contributed by atoms with van der Waals surface area (Å²) >= 11 is 12.8. The summed E-state index contributed by atoms with van der Waals surface area (Å²) in [4.78, 5) is 11.8. The molecular weight excluding hydrogens is 295 g/mol. The molecule has 0 atom stereocenters. The smallest absolute Gasteiger partial charge is 0.253 e. The van der Waals surface area contributed by atoms with Gasteiger partial charge in [-0.05, 0) is 6.07 Å². The van der Waals surface area contributed by atoms with Gasteiger partial charge in [0.25, 0.3) is 5.91 Å². The molecule has 0 aliphatic heterocycles. The summed E-state index contributed by atoms with van der Waals surface area (Å²) in [5.74, 6) is -0.247. The lowest BCUT2D eigenvalue weighted by molar-refractivity contribution is 0.0952. The number of nitrogens with two attached hydrogens (primary N) is 1. The molecule has 3 N–H and O–H groups in total. The SMILES string of the molecule is Nc1cnn(CCNC(=O)c2cc(Cl)sc2Cl)c1. The van der Waals surface area contributed by atoms with Crippen molar-refractivity contribution >= 4 is 46.1 Å². The third kappa shape index (κ3) is 3.16. The van der Waals surface area contributed by atoms with E-state index in [1.807, 2.05) is 0 Å². The van der Waals surface area contributed by atoms with Gasteiger partial charge in [-0.3, -0.25) is 9.48 Å². The third-order valence-corrected chi connectivity index (χ3v) is 3.67. The Hall–Kier alpha value is -1.24. The second-order valence-corrected chi connectivity index (χ2v) is 5.82. The molecule has 0 aromatic carbocycles. The molecular formula is C10H10Cl2N4OS. The average molecular weight is 305 g/mol. The zero-order valence-electron chi connectivity index (χ0n) is 9.19. The number of rotatable bonds is 4. The minimum atomic E-state index is -0.247. The second-order valence-electron chi connectivity index (χ2n) is 3.53. The fraction of sp³-hybridized carbons (Fsp3) is 0.200. The van der Waals surface area contributed by atoms with Gasteiger partial charge in [-0.1, -0.05) is 23.2 Å². The lowest BCUT2D eigenvalue weighted by atomic mass is 10.3. The van der Waals surface area contributed by atoms with Gasteiger partial charge >= 0.3 is 0 Å². The Bertz CT molecular complexity index is 566. The van der Waals surface area contributed by atoms with Gasteiger partial charge in [0.05, 0.1) is 28.3 Å². The van der Waals surface area contributed by atoms with Gasteiger partial charge in [0.1, 0.15) is 4.34 Å². The van der Waals surface area contributed by atoms with E-state index in [1.54, 1.807) is 23.1 Å². The molecule has 0 unspecified atom stereocenters. The standard InChI is InChI=1S/C10H10Cl2N4OS/c11-8-3-7(9(12)18-8)10(17)14-1-2-16-5-6(13)4-15-16/h3-5H,1-2,13H2,(H,14,17). The van der Waals surface area contributed by atoms with Crippen LogP contribution in [0.3, 0.4) is 0 Å². The van der Waals surface area contributed by atoms with E-state index in [0.717, 1.165) is 0 Å². The highest BCUT2D eigenvalue weighted by Crippen LogP contribution is 2.30. The number of carbonyl (C=O) groups is 1. The number of amides is 1. The molecule has 1 amide bonds. The Labute approximate surface area is 117 Å². The number of nitrogen functional groups attached to an aromatic ring is 1. The molecule has 0 aliphatic rings. The summed E-state index contributed by atoms with van der Waals surface area (Å²) in [5.41, 5.74) is 6.51. The van der Waals surface area contributed by atoms with E-state index in [1.165, 1.54) is 11.3 Å². The van der Waals surface area contributed by atoms with Crippen LogP contribution in [0.5, 0.6) is 0 Å². The lowest BCUT2D eigenvalue weighted by Gasteiger charge is -2.04. The lowest BCUT2D eigenvalue weighted by Crippen LogP contribution is -2.27. The molecule has 96 valence electrons. The zero-order valence-corrected chi connectivity index (χ0v) is 11.5. The first-order valence-electron chi connectivity index (χ1n) is 5.07. The van der Waals surface area contributed by atoms with Crippen molar-refractivity contribution in [2.24, 2.45) is 0 Å². The van der Waals surface area contributed by atoms with Gasteiger partial charge in [-0.15, -0.1) is 11.3 Å². The van der Waals surface area contributed by atoms with Crippen LogP contribution in [0.15, 0.2) is 18.5 Å². The Morgan fingerprint density at radius 1 is 1.56 bits per heavy atom. The molecule has 0 fully saturated rings. The summed E-state index contributed by atoms with van der Waals surface area (Å²) in [5, 5.41) is 6.74. The van der Waals surface area contributed by atoms with E-state index >= 15 is 0 Å². The van der Waals surface area contributed by atoms with Gasteiger partial charge in [-0.2, -0.15) is 5.10 Å². The monoisotopic (exact) mass is 304 g/mol. The van der Waals surface area contributed by atoms with Crippen LogP contribution in [0.25, 0.3) is 0 Å². The molecule has 5 nitrogen and oxygen atoms in total. The maximum Gasteiger partial charge on any atom is 0.253 e. The van der Waals surface area contributed by atoms with Crippen LogP contribution < -0.4 is 11.1 Å². The highest BCUT2D eigenvalue weighted by atomic mass is 35.5. The van der Waals surface area contributed by atoms with Crippen LogP contribution >= 0.6 is 34.5 Å². The molecule has 8 heteroatoms. The average Bonchev–Trinajstić information content (AvgIpc) is 2.85. The third-order valence-electron chi connectivity index (χ3n) is 2.18. The Morgan fingerprint density at radius 3 is 2.89 bits per heavy atom. The summed E-state index contributed by atoms with van der Waals surface area (Å²) in [6, 6.07) is 1.55. The fourth-order valence-corrected chi connectivity index (χ4v) is 2.83. The van der Waals surface area contributed by atoms with Crippen LogP contribution in [0.1, 0.15) is 10.4 Å². The number of carbonyl (C=O) groups excluding carboxylic acids is 1. The number of nitrogens with one attached hydrogen (secondary N) is 1. The highest BCUT2D eigenvalue weighted by molar-refractivity contribution is 7.20. The maximum atomic E-state index is 11.8. The highest BCUT2D eigenvalue weighted by Gasteiger charge is 2.13.